The molecule has 0 unspecified atom stereocenters. The van der Waals surface area contributed by atoms with Crippen LogP contribution in [-0.2, 0) is 11.2 Å². The second-order valence-electron chi connectivity index (χ2n) is 8.81. The topological polar surface area (TPSA) is 93.5 Å². The number of rotatable bonds is 11. The molecule has 2 N–H and O–H groups in total. The van der Waals surface area contributed by atoms with Crippen LogP contribution in [0.5, 0.6) is 5.88 Å². The van der Waals surface area contributed by atoms with E-state index in [1.807, 2.05) is 55.5 Å². The summed E-state index contributed by atoms with van der Waals surface area (Å²) in [5.74, 6) is -0.654. The van der Waals surface area contributed by atoms with Crippen molar-refractivity contribution in [3.63, 3.8) is 0 Å². The van der Waals surface area contributed by atoms with Crippen molar-refractivity contribution in [1.29, 1.82) is 0 Å². The number of carbonyl (C=O) groups excluding carboxylic acids is 1. The fourth-order valence-corrected chi connectivity index (χ4v) is 4.31. The minimum absolute atomic E-state index is 0.293. The Morgan fingerprint density at radius 1 is 1.09 bits per heavy atom. The highest BCUT2D eigenvalue weighted by Gasteiger charge is 2.28. The number of aromatic nitrogens is 2. The molecule has 0 bridgehead atoms. The number of nitrogens with zero attached hydrogens (tertiary/aromatic N) is 2. The van der Waals surface area contributed by atoms with Gasteiger partial charge in [0.1, 0.15) is 4.75 Å². The van der Waals surface area contributed by atoms with E-state index >= 15 is 0 Å². The number of thioether (sulfide) groups is 1. The van der Waals surface area contributed by atoms with E-state index in [2.05, 4.69) is 24.3 Å². The van der Waals surface area contributed by atoms with E-state index in [-0.39, 0.29) is 5.91 Å². The number of benzene rings is 2. The summed E-state index contributed by atoms with van der Waals surface area (Å²) in [6, 6.07) is 15.2. The molecule has 1 amide bonds. The number of aliphatic carboxylic acids is 1. The third-order valence-electron chi connectivity index (χ3n) is 5.61. The second-order valence-corrected chi connectivity index (χ2v) is 10.5. The summed E-state index contributed by atoms with van der Waals surface area (Å²) in [7, 11) is 0. The van der Waals surface area contributed by atoms with E-state index < -0.39 is 10.7 Å². The van der Waals surface area contributed by atoms with Gasteiger partial charge >= 0.3 is 5.97 Å². The lowest BCUT2D eigenvalue weighted by Gasteiger charge is -2.18. The van der Waals surface area contributed by atoms with Crippen molar-refractivity contribution in [2.45, 2.75) is 63.5 Å². The smallest absolute Gasteiger partial charge is 0.319 e. The molecular weight excluding hydrogens is 462 g/mol. The normalized spacial score (nSPS) is 11.3. The van der Waals surface area contributed by atoms with Crippen molar-refractivity contribution in [3.05, 3.63) is 65.4 Å². The van der Waals surface area contributed by atoms with Gasteiger partial charge in [0.25, 0.3) is 5.91 Å². The summed E-state index contributed by atoms with van der Waals surface area (Å²) in [6.45, 7) is 9.87. The molecule has 0 aliphatic heterocycles. The minimum atomic E-state index is -0.946. The number of hydrogen-bond donors (Lipinski definition) is 2. The number of carbonyl (C=O) groups is 2. The first-order chi connectivity index (χ1) is 16.7. The van der Waals surface area contributed by atoms with Crippen molar-refractivity contribution in [2.24, 2.45) is 0 Å². The molecule has 0 spiro atoms. The SMILES string of the molecule is CCCCOc1c(C)c(C(=O)Nc2ccc(CC)cc2)nn1-c1ccc(SC(C)(C)C(=O)O)cc1. The van der Waals surface area contributed by atoms with Crippen LogP contribution in [0.1, 0.15) is 62.2 Å². The van der Waals surface area contributed by atoms with Gasteiger partial charge in [-0.1, -0.05) is 32.4 Å². The zero-order chi connectivity index (χ0) is 25.6. The van der Waals surface area contributed by atoms with Crippen LogP contribution >= 0.6 is 11.8 Å². The molecule has 0 saturated heterocycles. The van der Waals surface area contributed by atoms with Crippen LogP contribution in [0.2, 0.25) is 0 Å². The van der Waals surface area contributed by atoms with Gasteiger partial charge in [-0.25, -0.2) is 4.68 Å². The van der Waals surface area contributed by atoms with E-state index in [1.165, 1.54) is 17.3 Å². The Morgan fingerprint density at radius 3 is 2.31 bits per heavy atom. The highest BCUT2D eigenvalue weighted by atomic mass is 32.2. The van der Waals surface area contributed by atoms with Crippen LogP contribution < -0.4 is 10.1 Å². The lowest BCUT2D eigenvalue weighted by molar-refractivity contribution is -0.138. The molecule has 0 radical (unpaired) electrons. The monoisotopic (exact) mass is 495 g/mol. The molecule has 1 aromatic heterocycles. The lowest BCUT2D eigenvalue weighted by atomic mass is 10.1. The molecule has 186 valence electrons. The fraction of sp³-hybridized carbons (Fsp3) is 0.370. The van der Waals surface area contributed by atoms with Gasteiger partial charge in [0.2, 0.25) is 5.88 Å². The van der Waals surface area contributed by atoms with Crippen molar-refractivity contribution < 1.29 is 19.4 Å². The Morgan fingerprint density at radius 2 is 1.74 bits per heavy atom. The van der Waals surface area contributed by atoms with Crippen molar-refractivity contribution in [2.75, 3.05) is 11.9 Å². The standard InChI is InChI=1S/C27H33N3O4S/c1-6-8-17-34-25-18(3)23(24(31)28-20-11-9-19(7-2)10-12-20)29-30(25)21-13-15-22(16-14-21)35-27(4,5)26(32)33/h9-16H,6-8,17H2,1-5H3,(H,28,31)(H,32,33). The summed E-state index contributed by atoms with van der Waals surface area (Å²) in [4.78, 5) is 25.4. The van der Waals surface area contributed by atoms with E-state index in [1.54, 1.807) is 18.5 Å². The van der Waals surface area contributed by atoms with Crippen LogP contribution in [-0.4, -0.2) is 38.1 Å². The molecular formula is C27H33N3O4S. The van der Waals surface area contributed by atoms with Crippen molar-refractivity contribution in [1.82, 2.24) is 9.78 Å². The van der Waals surface area contributed by atoms with Gasteiger partial charge in [0, 0.05) is 16.1 Å². The average Bonchev–Trinajstić information content (AvgIpc) is 3.16. The Hall–Kier alpha value is -3.26. The number of ether oxygens (including phenoxy) is 1. The van der Waals surface area contributed by atoms with Gasteiger partial charge in [-0.05, 0) is 75.6 Å². The molecule has 0 aliphatic rings. The molecule has 8 heteroatoms. The second kappa shape index (κ2) is 11.4. The van der Waals surface area contributed by atoms with E-state index in [4.69, 9.17) is 4.74 Å². The number of aryl methyl sites for hydroxylation is 1. The molecule has 0 saturated carbocycles. The molecule has 7 nitrogen and oxygen atoms in total. The number of anilines is 1. The average molecular weight is 496 g/mol. The lowest BCUT2D eigenvalue weighted by Crippen LogP contribution is -2.26. The predicted molar refractivity (Wildman–Crippen MR) is 140 cm³/mol. The first-order valence-corrected chi connectivity index (χ1v) is 12.6. The number of carboxylic acid groups (broad SMARTS) is 1. The summed E-state index contributed by atoms with van der Waals surface area (Å²) in [5.41, 5.74) is 3.58. The number of amides is 1. The predicted octanol–water partition coefficient (Wildman–Crippen LogP) is 6.13. The molecule has 0 fully saturated rings. The molecule has 1 heterocycles. The highest BCUT2D eigenvalue weighted by Crippen LogP contribution is 2.34. The van der Waals surface area contributed by atoms with Crippen LogP contribution in [0.3, 0.4) is 0 Å². The highest BCUT2D eigenvalue weighted by molar-refractivity contribution is 8.01. The van der Waals surface area contributed by atoms with Gasteiger partial charge < -0.3 is 15.2 Å². The number of carboxylic acids is 1. The Balaban J connectivity index is 1.90. The van der Waals surface area contributed by atoms with Crippen molar-refractivity contribution in [3.8, 4) is 11.6 Å². The maximum atomic E-state index is 13.1. The summed E-state index contributed by atoms with van der Waals surface area (Å²) < 4.78 is 6.74. The molecule has 35 heavy (non-hydrogen) atoms. The minimum Gasteiger partial charge on any atom is -0.480 e. The zero-order valence-corrected chi connectivity index (χ0v) is 21.7. The van der Waals surface area contributed by atoms with Crippen LogP contribution in [0.25, 0.3) is 5.69 Å². The van der Waals surface area contributed by atoms with Gasteiger partial charge in [0.15, 0.2) is 5.69 Å². The van der Waals surface area contributed by atoms with Crippen LogP contribution in [0.15, 0.2) is 53.4 Å². The number of nitrogens with one attached hydrogen (secondary N) is 1. The first kappa shape index (κ1) is 26.3. The summed E-state index contributed by atoms with van der Waals surface area (Å²) >= 11 is 1.27. The van der Waals surface area contributed by atoms with E-state index in [0.29, 0.717) is 29.4 Å². The van der Waals surface area contributed by atoms with Crippen molar-refractivity contribution >= 4 is 29.3 Å². The maximum Gasteiger partial charge on any atom is 0.319 e. The number of unbranched alkanes of at least 4 members (excludes halogenated alkanes) is 1. The molecule has 2 aromatic carbocycles. The quantitative estimate of drug-likeness (QED) is 0.246. The maximum absolute atomic E-state index is 13.1. The zero-order valence-electron chi connectivity index (χ0n) is 20.9. The largest absolute Gasteiger partial charge is 0.480 e. The third kappa shape index (κ3) is 6.45. The Labute approximate surface area is 210 Å². The van der Waals surface area contributed by atoms with Crippen LogP contribution in [0.4, 0.5) is 5.69 Å². The molecule has 0 aliphatic carbocycles. The van der Waals surface area contributed by atoms with Gasteiger partial charge in [-0.2, -0.15) is 5.10 Å². The van der Waals surface area contributed by atoms with E-state index in [0.717, 1.165) is 29.8 Å². The Kier molecular flexibility index (Phi) is 8.62. The number of hydrogen-bond acceptors (Lipinski definition) is 5. The molecule has 3 aromatic rings. The van der Waals surface area contributed by atoms with Gasteiger partial charge in [-0.3, -0.25) is 9.59 Å². The molecule has 0 atom stereocenters. The summed E-state index contributed by atoms with van der Waals surface area (Å²) in [5, 5.41) is 16.9. The van der Waals surface area contributed by atoms with Gasteiger partial charge in [-0.15, -0.1) is 11.8 Å². The van der Waals surface area contributed by atoms with Crippen LogP contribution in [0, 0.1) is 6.92 Å². The Bertz CT molecular complexity index is 1170. The first-order valence-electron chi connectivity index (χ1n) is 11.8. The molecule has 3 rings (SSSR count). The fourth-order valence-electron chi connectivity index (χ4n) is 3.36. The third-order valence-corrected chi connectivity index (χ3v) is 6.80. The van der Waals surface area contributed by atoms with E-state index in [9.17, 15) is 14.7 Å². The summed E-state index contributed by atoms with van der Waals surface area (Å²) in [6.07, 6.45) is 2.80. The van der Waals surface area contributed by atoms with Gasteiger partial charge in [0.05, 0.1) is 12.3 Å².